The summed E-state index contributed by atoms with van der Waals surface area (Å²) in [6.07, 6.45) is 4.19. The highest BCUT2D eigenvalue weighted by Gasteiger charge is 2.36. The van der Waals surface area contributed by atoms with E-state index in [9.17, 15) is 30.0 Å². The summed E-state index contributed by atoms with van der Waals surface area (Å²) < 4.78 is 0. The number of unbranched alkanes of at least 4 members (excludes halogenated alkanes) is 9. The summed E-state index contributed by atoms with van der Waals surface area (Å²) >= 11 is 0. The van der Waals surface area contributed by atoms with Gasteiger partial charge in [-0.25, -0.2) is 0 Å². The Morgan fingerprint density at radius 1 is 0.750 bits per heavy atom. The van der Waals surface area contributed by atoms with Crippen LogP contribution in [0.4, 0.5) is 0 Å². The van der Waals surface area contributed by atoms with Gasteiger partial charge in [-0.2, -0.15) is 0 Å². The van der Waals surface area contributed by atoms with E-state index in [2.05, 4.69) is 17.6 Å². The third kappa shape index (κ3) is 12.7. The molecular weight excluding hydrogens is 416 g/mol. The number of aliphatic hydroxyl groups excluding tert-OH is 5. The van der Waals surface area contributed by atoms with Crippen LogP contribution in [0.3, 0.4) is 0 Å². The first-order valence-electron chi connectivity index (χ1n) is 12.1. The number of carbonyl (C=O) groups excluding carboxylic acids is 2. The highest BCUT2D eigenvalue weighted by atomic mass is 16.4. The molecule has 0 aliphatic carbocycles. The van der Waals surface area contributed by atoms with Crippen molar-refractivity contribution in [2.24, 2.45) is 5.92 Å². The van der Waals surface area contributed by atoms with E-state index in [4.69, 9.17) is 5.11 Å². The van der Waals surface area contributed by atoms with Gasteiger partial charge in [0.1, 0.15) is 24.4 Å². The van der Waals surface area contributed by atoms with E-state index < -0.39 is 43.0 Å². The molecule has 0 unspecified atom stereocenters. The van der Waals surface area contributed by atoms with Crippen molar-refractivity contribution in [3.05, 3.63) is 0 Å². The van der Waals surface area contributed by atoms with E-state index in [0.717, 1.165) is 19.3 Å². The first kappa shape index (κ1) is 30.7. The van der Waals surface area contributed by atoms with Gasteiger partial charge in [-0.3, -0.25) is 9.59 Å². The molecule has 0 aromatic carbocycles. The van der Waals surface area contributed by atoms with Gasteiger partial charge in [-0.15, -0.1) is 0 Å². The third-order valence-corrected chi connectivity index (χ3v) is 5.60. The van der Waals surface area contributed by atoms with Crippen molar-refractivity contribution in [2.45, 2.75) is 115 Å². The molecule has 0 rings (SSSR count). The fourth-order valence-electron chi connectivity index (χ4n) is 3.39. The van der Waals surface area contributed by atoms with Crippen molar-refractivity contribution in [1.82, 2.24) is 10.6 Å². The lowest BCUT2D eigenvalue weighted by atomic mass is 10.00. The van der Waals surface area contributed by atoms with Crippen molar-refractivity contribution in [2.75, 3.05) is 13.2 Å². The molecule has 9 heteroatoms. The molecule has 9 nitrogen and oxygen atoms in total. The second-order valence-corrected chi connectivity index (χ2v) is 8.88. The molecule has 0 radical (unpaired) electrons. The molecule has 0 saturated heterocycles. The van der Waals surface area contributed by atoms with Gasteiger partial charge in [0.2, 0.25) is 5.91 Å². The van der Waals surface area contributed by atoms with Gasteiger partial charge in [0.25, 0.3) is 5.91 Å². The first-order valence-corrected chi connectivity index (χ1v) is 12.1. The Balaban J connectivity index is 4.27. The molecule has 0 saturated carbocycles. The summed E-state index contributed by atoms with van der Waals surface area (Å²) in [5, 5.41) is 52.8. The van der Waals surface area contributed by atoms with E-state index in [-0.39, 0.29) is 11.8 Å². The molecule has 0 heterocycles. The predicted molar refractivity (Wildman–Crippen MR) is 123 cm³/mol. The summed E-state index contributed by atoms with van der Waals surface area (Å²) in [5.41, 5.74) is 0. The Morgan fingerprint density at radius 2 is 1.25 bits per heavy atom. The van der Waals surface area contributed by atoms with Crippen LogP contribution < -0.4 is 10.6 Å². The van der Waals surface area contributed by atoms with Gasteiger partial charge in [0, 0.05) is 6.54 Å². The summed E-state index contributed by atoms with van der Waals surface area (Å²) in [5.74, 6) is -1.71. The zero-order valence-electron chi connectivity index (χ0n) is 20.0. The fourth-order valence-corrected chi connectivity index (χ4v) is 3.39. The number of amides is 2. The zero-order valence-corrected chi connectivity index (χ0v) is 20.0. The van der Waals surface area contributed by atoms with Crippen molar-refractivity contribution in [3.63, 3.8) is 0 Å². The van der Waals surface area contributed by atoms with Crippen molar-refractivity contribution in [1.29, 1.82) is 0 Å². The number of nitrogens with one attached hydrogen (secondary N) is 2. The largest absolute Gasteiger partial charge is 0.394 e. The number of aliphatic hydroxyl groups is 5. The van der Waals surface area contributed by atoms with Crippen LogP contribution in [0.15, 0.2) is 0 Å². The minimum Gasteiger partial charge on any atom is -0.394 e. The van der Waals surface area contributed by atoms with E-state index in [1.807, 2.05) is 0 Å². The Hall–Kier alpha value is -1.26. The maximum atomic E-state index is 12.5. The molecule has 0 aromatic rings. The number of hydrogen-bond donors (Lipinski definition) is 7. The van der Waals surface area contributed by atoms with Crippen LogP contribution in [0.25, 0.3) is 0 Å². The van der Waals surface area contributed by atoms with Crippen LogP contribution >= 0.6 is 0 Å². The molecule has 0 bridgehead atoms. The number of rotatable bonds is 19. The van der Waals surface area contributed by atoms with Gasteiger partial charge in [0.05, 0.1) is 6.61 Å². The summed E-state index contributed by atoms with van der Waals surface area (Å²) in [6, 6.07) is -0.924. The Labute approximate surface area is 192 Å². The van der Waals surface area contributed by atoms with Crippen LogP contribution in [0.5, 0.6) is 0 Å². The number of hydrogen-bond acceptors (Lipinski definition) is 7. The topological polar surface area (TPSA) is 159 Å². The Bertz CT molecular complexity index is 505. The fraction of sp³-hybridized carbons (Fsp3) is 0.913. The molecule has 5 atom stereocenters. The van der Waals surface area contributed by atoms with Crippen molar-refractivity contribution >= 4 is 11.8 Å². The van der Waals surface area contributed by atoms with E-state index in [1.54, 1.807) is 13.8 Å². The van der Waals surface area contributed by atoms with Crippen LogP contribution in [0.1, 0.15) is 85.0 Å². The highest BCUT2D eigenvalue weighted by molar-refractivity contribution is 5.89. The molecule has 32 heavy (non-hydrogen) atoms. The minimum atomic E-state index is -2.07. The van der Waals surface area contributed by atoms with E-state index in [0.29, 0.717) is 6.54 Å². The van der Waals surface area contributed by atoms with Gasteiger partial charge < -0.3 is 36.2 Å². The molecule has 0 fully saturated rings. The number of carbonyl (C=O) groups is 2. The molecule has 0 spiro atoms. The van der Waals surface area contributed by atoms with Gasteiger partial charge >= 0.3 is 0 Å². The maximum Gasteiger partial charge on any atom is 0.252 e. The van der Waals surface area contributed by atoms with Gasteiger partial charge in [-0.05, 0) is 12.3 Å². The average Bonchev–Trinajstić information content (AvgIpc) is 2.78. The van der Waals surface area contributed by atoms with E-state index >= 15 is 0 Å². The Kier molecular flexibility index (Phi) is 17.5. The summed E-state index contributed by atoms with van der Waals surface area (Å²) in [7, 11) is 0. The Morgan fingerprint density at radius 3 is 1.72 bits per heavy atom. The molecule has 0 aromatic heterocycles. The molecule has 2 amide bonds. The van der Waals surface area contributed by atoms with Crippen LogP contribution in [-0.2, 0) is 9.59 Å². The van der Waals surface area contributed by atoms with Gasteiger partial charge in [-0.1, -0.05) is 78.6 Å². The zero-order chi connectivity index (χ0) is 24.5. The maximum absolute atomic E-state index is 12.5. The average molecular weight is 463 g/mol. The first-order chi connectivity index (χ1) is 15.2. The molecular formula is C23H46N2O7. The lowest BCUT2D eigenvalue weighted by molar-refractivity contribution is -0.151. The monoisotopic (exact) mass is 462 g/mol. The molecule has 190 valence electrons. The van der Waals surface area contributed by atoms with Crippen LogP contribution in [0.2, 0.25) is 0 Å². The van der Waals surface area contributed by atoms with E-state index in [1.165, 1.54) is 44.9 Å². The molecule has 0 aliphatic heterocycles. The molecule has 7 N–H and O–H groups in total. The molecule has 0 aliphatic rings. The predicted octanol–water partition coefficient (Wildman–Crippen LogP) is 0.600. The lowest BCUT2D eigenvalue weighted by Gasteiger charge is -2.27. The summed E-state index contributed by atoms with van der Waals surface area (Å²) in [4.78, 5) is 24.7. The van der Waals surface area contributed by atoms with Crippen molar-refractivity contribution < 1.29 is 35.1 Å². The van der Waals surface area contributed by atoms with Crippen LogP contribution in [0, 0.1) is 5.92 Å². The lowest BCUT2D eigenvalue weighted by Crippen LogP contribution is -2.57. The van der Waals surface area contributed by atoms with Crippen molar-refractivity contribution in [3.8, 4) is 0 Å². The van der Waals surface area contributed by atoms with Crippen LogP contribution in [-0.4, -0.2) is 81.0 Å². The summed E-state index contributed by atoms with van der Waals surface area (Å²) in [6.45, 7) is 5.32. The quantitative estimate of drug-likeness (QED) is 0.138. The smallest absolute Gasteiger partial charge is 0.252 e. The SMILES string of the molecule is CCCCCCCCCCCCNC(=O)[C@@H](NC(=O)[C@H](O)[C@@H](O)[C@H](O)[C@H](O)CO)C(C)C. The normalized spacial score (nSPS) is 16.3. The highest BCUT2D eigenvalue weighted by Crippen LogP contribution is 2.11. The standard InChI is InChI=1S/C23H46N2O7/c1-4-5-6-7-8-9-10-11-12-13-14-24-22(31)18(16(2)3)25-23(32)21(30)20(29)19(28)17(27)15-26/h16-21,26-30H,4-15H2,1-3H3,(H,24,31)(H,25,32)/t17-,18+,19-,20+,21-/m1/s1. The second-order valence-electron chi connectivity index (χ2n) is 8.88. The second kappa shape index (κ2) is 18.2. The van der Waals surface area contributed by atoms with Gasteiger partial charge in [0.15, 0.2) is 6.10 Å². The third-order valence-electron chi connectivity index (χ3n) is 5.60. The minimum absolute atomic E-state index is 0.274.